The van der Waals surface area contributed by atoms with Crippen LogP contribution < -0.4 is 0 Å². The summed E-state index contributed by atoms with van der Waals surface area (Å²) in [5.74, 6) is -0.699. The maximum Gasteiger partial charge on any atom is 0.179 e. The number of phenolic OH excluding ortho intramolecular Hbond substituents is 1. The number of benzene rings is 1. The lowest BCUT2D eigenvalue weighted by Crippen LogP contribution is -2.14. The third kappa shape index (κ3) is 2.40. The SMILES string of the molecule is CC(C)c1cc(C(C)(C)C)c(Br)c(F)c1O. The summed E-state index contributed by atoms with van der Waals surface area (Å²) in [7, 11) is 0. The van der Waals surface area contributed by atoms with Crippen molar-refractivity contribution in [3.05, 3.63) is 27.5 Å². The maximum atomic E-state index is 13.8. The fraction of sp³-hybridized carbons (Fsp3) is 0.538. The molecule has 0 aliphatic rings. The Morgan fingerprint density at radius 1 is 1.31 bits per heavy atom. The Kier molecular flexibility index (Phi) is 3.68. The fourth-order valence-corrected chi connectivity index (χ4v) is 2.52. The summed E-state index contributed by atoms with van der Waals surface area (Å²) < 4.78 is 14.2. The smallest absolute Gasteiger partial charge is 0.179 e. The molecule has 0 aliphatic heterocycles. The summed E-state index contributed by atoms with van der Waals surface area (Å²) >= 11 is 3.22. The third-order valence-corrected chi connectivity index (χ3v) is 3.42. The largest absolute Gasteiger partial charge is 0.505 e. The molecule has 1 nitrogen and oxygen atoms in total. The van der Waals surface area contributed by atoms with E-state index < -0.39 is 5.82 Å². The van der Waals surface area contributed by atoms with Gasteiger partial charge in [-0.15, -0.1) is 0 Å². The molecule has 0 aliphatic carbocycles. The van der Waals surface area contributed by atoms with Crippen molar-refractivity contribution in [2.45, 2.75) is 46.0 Å². The lowest BCUT2D eigenvalue weighted by atomic mass is 9.84. The van der Waals surface area contributed by atoms with Gasteiger partial charge >= 0.3 is 0 Å². The third-order valence-electron chi connectivity index (χ3n) is 2.64. The second-order valence-corrected chi connectivity index (χ2v) is 6.19. The van der Waals surface area contributed by atoms with Crippen molar-refractivity contribution in [2.75, 3.05) is 0 Å². The Hall–Kier alpha value is -0.570. The van der Waals surface area contributed by atoms with Crippen molar-refractivity contribution < 1.29 is 9.50 Å². The normalized spacial score (nSPS) is 12.2. The van der Waals surface area contributed by atoms with E-state index in [1.165, 1.54) is 0 Å². The van der Waals surface area contributed by atoms with Crippen LogP contribution in [0.15, 0.2) is 10.5 Å². The molecular weight excluding hydrogens is 271 g/mol. The molecule has 16 heavy (non-hydrogen) atoms. The van der Waals surface area contributed by atoms with Gasteiger partial charge in [0.25, 0.3) is 0 Å². The molecule has 0 unspecified atom stereocenters. The predicted molar refractivity (Wildman–Crippen MR) is 68.6 cm³/mol. The lowest BCUT2D eigenvalue weighted by molar-refractivity contribution is 0.418. The van der Waals surface area contributed by atoms with Gasteiger partial charge in [-0.2, -0.15) is 0 Å². The first-order valence-corrected chi connectivity index (χ1v) is 6.17. The number of hydrogen-bond donors (Lipinski definition) is 1. The van der Waals surface area contributed by atoms with E-state index in [-0.39, 0.29) is 17.1 Å². The van der Waals surface area contributed by atoms with Crippen LogP contribution in [0.4, 0.5) is 4.39 Å². The predicted octanol–water partition coefficient (Wildman–Crippen LogP) is 4.71. The van der Waals surface area contributed by atoms with Crippen molar-refractivity contribution in [1.82, 2.24) is 0 Å². The molecule has 1 aromatic rings. The molecule has 0 amide bonds. The monoisotopic (exact) mass is 288 g/mol. The molecule has 0 fully saturated rings. The zero-order valence-electron chi connectivity index (χ0n) is 10.4. The van der Waals surface area contributed by atoms with Crippen molar-refractivity contribution in [2.24, 2.45) is 0 Å². The van der Waals surface area contributed by atoms with Gasteiger partial charge in [0, 0.05) is 0 Å². The summed E-state index contributed by atoms with van der Waals surface area (Å²) in [5, 5.41) is 9.73. The molecule has 0 bridgehead atoms. The Balaban J connectivity index is 3.54. The average Bonchev–Trinajstić information content (AvgIpc) is 2.11. The summed E-state index contributed by atoms with van der Waals surface area (Å²) in [4.78, 5) is 0. The first-order chi connectivity index (χ1) is 7.16. The summed E-state index contributed by atoms with van der Waals surface area (Å²) in [6.45, 7) is 9.94. The lowest BCUT2D eigenvalue weighted by Gasteiger charge is -2.23. The molecule has 0 spiro atoms. The van der Waals surface area contributed by atoms with Crippen molar-refractivity contribution in [1.29, 1.82) is 0 Å². The van der Waals surface area contributed by atoms with Crippen LogP contribution in [0.1, 0.15) is 51.7 Å². The molecule has 1 aromatic carbocycles. The van der Waals surface area contributed by atoms with Gasteiger partial charge < -0.3 is 5.11 Å². The van der Waals surface area contributed by atoms with Crippen LogP contribution in [0.2, 0.25) is 0 Å². The van der Waals surface area contributed by atoms with E-state index in [0.717, 1.165) is 5.56 Å². The topological polar surface area (TPSA) is 20.2 Å². The molecule has 0 heterocycles. The summed E-state index contributed by atoms with van der Waals surface area (Å²) in [5.41, 5.74) is 1.38. The molecule has 0 saturated carbocycles. The van der Waals surface area contributed by atoms with Crippen molar-refractivity contribution in [3.8, 4) is 5.75 Å². The molecule has 0 saturated heterocycles. The first-order valence-electron chi connectivity index (χ1n) is 5.37. The number of rotatable bonds is 1. The van der Waals surface area contributed by atoms with Gasteiger partial charge in [-0.05, 0) is 44.5 Å². The number of aromatic hydroxyl groups is 1. The van der Waals surface area contributed by atoms with E-state index in [1.54, 1.807) is 0 Å². The van der Waals surface area contributed by atoms with Crippen LogP contribution in [-0.4, -0.2) is 5.11 Å². The molecule has 1 rings (SSSR count). The van der Waals surface area contributed by atoms with Gasteiger partial charge in [-0.1, -0.05) is 34.6 Å². The van der Waals surface area contributed by atoms with Crippen LogP contribution in [0, 0.1) is 5.82 Å². The standard InChI is InChI=1S/C13H18BrFO/c1-7(2)8-6-9(13(3,4)5)10(14)11(15)12(8)16/h6-7,16H,1-5H3. The van der Waals surface area contributed by atoms with Gasteiger partial charge in [0.2, 0.25) is 0 Å². The van der Waals surface area contributed by atoms with Crippen molar-refractivity contribution in [3.63, 3.8) is 0 Å². The van der Waals surface area contributed by atoms with Gasteiger partial charge in [0.15, 0.2) is 11.6 Å². The highest BCUT2D eigenvalue weighted by atomic mass is 79.9. The average molecular weight is 289 g/mol. The molecule has 0 aromatic heterocycles. The number of hydrogen-bond acceptors (Lipinski definition) is 1. The minimum atomic E-state index is -0.559. The van der Waals surface area contributed by atoms with Crippen LogP contribution in [0.3, 0.4) is 0 Å². The highest BCUT2D eigenvalue weighted by Gasteiger charge is 2.24. The van der Waals surface area contributed by atoms with Crippen LogP contribution >= 0.6 is 15.9 Å². The Labute approximate surface area is 105 Å². The van der Waals surface area contributed by atoms with Crippen LogP contribution in [-0.2, 0) is 5.41 Å². The van der Waals surface area contributed by atoms with Gasteiger partial charge in [0.05, 0.1) is 4.47 Å². The fourth-order valence-electron chi connectivity index (χ4n) is 1.62. The quantitative estimate of drug-likeness (QED) is 0.793. The minimum absolute atomic E-state index is 0.101. The van der Waals surface area contributed by atoms with E-state index in [1.807, 2.05) is 40.7 Å². The van der Waals surface area contributed by atoms with E-state index >= 15 is 0 Å². The van der Waals surface area contributed by atoms with Crippen LogP contribution in [0.25, 0.3) is 0 Å². The molecule has 1 N–H and O–H groups in total. The molecule has 90 valence electrons. The second-order valence-electron chi connectivity index (χ2n) is 5.39. The van der Waals surface area contributed by atoms with Gasteiger partial charge in [0.1, 0.15) is 0 Å². The Morgan fingerprint density at radius 2 is 1.81 bits per heavy atom. The van der Waals surface area contributed by atoms with Gasteiger partial charge in [-0.25, -0.2) is 4.39 Å². The van der Waals surface area contributed by atoms with Gasteiger partial charge in [-0.3, -0.25) is 0 Å². The van der Waals surface area contributed by atoms with E-state index in [2.05, 4.69) is 15.9 Å². The molecule has 0 radical (unpaired) electrons. The van der Waals surface area contributed by atoms with E-state index in [0.29, 0.717) is 10.0 Å². The summed E-state index contributed by atoms with van der Waals surface area (Å²) in [6.07, 6.45) is 0. The highest BCUT2D eigenvalue weighted by molar-refractivity contribution is 9.10. The zero-order valence-corrected chi connectivity index (χ0v) is 11.9. The Bertz CT molecular complexity index is 405. The summed E-state index contributed by atoms with van der Waals surface area (Å²) in [6, 6.07) is 1.88. The van der Waals surface area contributed by atoms with Crippen molar-refractivity contribution >= 4 is 15.9 Å². The number of phenols is 1. The number of halogens is 2. The molecular formula is C13H18BrFO. The minimum Gasteiger partial charge on any atom is -0.505 e. The van der Waals surface area contributed by atoms with E-state index in [4.69, 9.17) is 0 Å². The Morgan fingerprint density at radius 3 is 2.19 bits per heavy atom. The highest BCUT2D eigenvalue weighted by Crippen LogP contribution is 2.39. The van der Waals surface area contributed by atoms with Crippen LogP contribution in [0.5, 0.6) is 5.75 Å². The molecule has 0 atom stereocenters. The zero-order chi connectivity index (χ0) is 12.7. The maximum absolute atomic E-state index is 13.8. The van der Waals surface area contributed by atoms with E-state index in [9.17, 15) is 9.50 Å². The molecule has 3 heteroatoms. The first kappa shape index (κ1) is 13.5. The second kappa shape index (κ2) is 4.36.